The molecule has 1 aromatic rings. The number of aliphatic hydroxyl groups excluding tert-OH is 8. The molecule has 4 heterocycles. The Kier molecular flexibility index (Phi) is 13.5. The fraction of sp³-hybridized carbons (Fsp3) is 0.783. The summed E-state index contributed by atoms with van der Waals surface area (Å²) in [6, 6.07) is -0.266. The summed E-state index contributed by atoms with van der Waals surface area (Å²) in [5.41, 5.74) is -1.50. The molecule has 0 saturated carbocycles. The van der Waals surface area contributed by atoms with Gasteiger partial charge in [0.25, 0.3) is 5.56 Å². The molecule has 23 heteroatoms. The molecule has 3 fully saturated rings. The van der Waals surface area contributed by atoms with E-state index in [1.165, 1.54) is 0 Å². The minimum Gasteiger partial charge on any atom is -0.394 e. The number of amides is 1. The van der Waals surface area contributed by atoms with Gasteiger partial charge in [0.05, 0.1) is 19.8 Å². The SMILES string of the molecule is CC(=O)N[C@H]1[C@@H](OPOPOC[C@H]2O[C@@H](n3ccc(=O)[nH]c3=O)[C@H](O)[C@@H]2O)O[C@H](CO)[C@@H](OC2O[C@H](CO)[C@H](O)[C@H](O)[C@H]2O)[C@@H]1O. The van der Waals surface area contributed by atoms with E-state index in [1.54, 1.807) is 0 Å². The molecule has 0 aromatic carbocycles. The van der Waals surface area contributed by atoms with Gasteiger partial charge < -0.3 is 74.2 Å². The second-order valence-electron chi connectivity index (χ2n) is 10.5. The molecule has 21 nitrogen and oxygen atoms in total. The number of aliphatic hydroxyl groups is 8. The summed E-state index contributed by atoms with van der Waals surface area (Å²) in [6.45, 7) is -0.616. The van der Waals surface area contributed by atoms with Crippen molar-refractivity contribution in [2.24, 2.45) is 0 Å². The molecule has 0 spiro atoms. The number of hydrogen-bond donors (Lipinski definition) is 10. The summed E-state index contributed by atoms with van der Waals surface area (Å²) in [4.78, 5) is 37.2. The van der Waals surface area contributed by atoms with Crippen LogP contribution in [0.5, 0.6) is 0 Å². The van der Waals surface area contributed by atoms with Crippen LogP contribution in [0.3, 0.4) is 0 Å². The van der Waals surface area contributed by atoms with Crippen LogP contribution in [0.25, 0.3) is 0 Å². The van der Waals surface area contributed by atoms with Crippen LogP contribution in [0.1, 0.15) is 13.2 Å². The van der Waals surface area contributed by atoms with E-state index in [4.69, 9.17) is 32.3 Å². The molecule has 1 aromatic heterocycles. The highest BCUT2D eigenvalue weighted by molar-refractivity contribution is 7.40. The Morgan fingerprint density at radius 1 is 0.891 bits per heavy atom. The third kappa shape index (κ3) is 8.52. The fourth-order valence-electron chi connectivity index (χ4n) is 5.02. The van der Waals surface area contributed by atoms with E-state index in [-0.39, 0.29) is 6.61 Å². The number of nitrogens with zero attached hydrogens (tertiary/aromatic N) is 1. The van der Waals surface area contributed by atoms with Crippen molar-refractivity contribution in [2.75, 3.05) is 19.8 Å². The Morgan fingerprint density at radius 3 is 2.22 bits per heavy atom. The maximum atomic E-state index is 12.0. The van der Waals surface area contributed by atoms with Crippen molar-refractivity contribution in [1.82, 2.24) is 14.9 Å². The lowest BCUT2D eigenvalue weighted by molar-refractivity contribution is -0.343. The molecule has 46 heavy (non-hydrogen) atoms. The third-order valence-electron chi connectivity index (χ3n) is 7.38. The Morgan fingerprint density at radius 2 is 1.57 bits per heavy atom. The van der Waals surface area contributed by atoms with E-state index in [2.05, 4.69) is 5.32 Å². The van der Waals surface area contributed by atoms with Gasteiger partial charge in [0.1, 0.15) is 67.1 Å². The lowest BCUT2D eigenvalue weighted by Gasteiger charge is -2.47. The standard InChI is InChI=1S/C23H37N3O18P2/c1-7(29)24-12-15(33)19(42-22-18(36)16(34)13(31)8(4-27)40-22)9(5-28)41-21(12)43-46-44-45-38-6-10-14(32)17(35)20(39-10)26-3-2-11(30)25-23(26)37/h2-3,8-10,12-22,27-28,31-36,45-46H,4-6H2,1H3,(H,24,29)(H,25,30,37)/t8-,9-,10-,12-,13+,14-,15-,16+,17-,18-,19-,20-,21-,22?/m1/s1. The number of carbonyl (C=O) groups is 1. The summed E-state index contributed by atoms with van der Waals surface area (Å²) >= 11 is 0. The molecule has 0 bridgehead atoms. The normalized spacial score (nSPS) is 40.3. The number of ether oxygens (including phenoxy) is 4. The van der Waals surface area contributed by atoms with Gasteiger partial charge in [-0.2, -0.15) is 0 Å². The highest BCUT2D eigenvalue weighted by Gasteiger charge is 2.51. The van der Waals surface area contributed by atoms with Crippen LogP contribution < -0.4 is 16.6 Å². The molecule has 10 N–H and O–H groups in total. The van der Waals surface area contributed by atoms with Crippen molar-refractivity contribution in [3.63, 3.8) is 0 Å². The van der Waals surface area contributed by atoms with Gasteiger partial charge in [-0.05, 0) is 0 Å². The predicted molar refractivity (Wildman–Crippen MR) is 150 cm³/mol. The topological polar surface area (TPSA) is 310 Å². The van der Waals surface area contributed by atoms with Crippen LogP contribution in [0.15, 0.2) is 21.9 Å². The van der Waals surface area contributed by atoms with E-state index in [1.807, 2.05) is 4.98 Å². The maximum absolute atomic E-state index is 12.0. The summed E-state index contributed by atoms with van der Waals surface area (Å²) in [6.07, 6.45) is -18.3. The second kappa shape index (κ2) is 16.7. The van der Waals surface area contributed by atoms with Crippen LogP contribution in [0, 0.1) is 0 Å². The van der Waals surface area contributed by atoms with Crippen molar-refractivity contribution >= 4 is 24.0 Å². The number of nitrogens with one attached hydrogen (secondary N) is 2. The van der Waals surface area contributed by atoms with E-state index in [9.17, 15) is 55.2 Å². The quantitative estimate of drug-likeness (QED) is 0.0674. The van der Waals surface area contributed by atoms with Crippen LogP contribution in [-0.2, 0) is 37.1 Å². The molecule has 3 unspecified atom stereocenters. The van der Waals surface area contributed by atoms with Gasteiger partial charge in [-0.3, -0.25) is 23.5 Å². The van der Waals surface area contributed by atoms with Gasteiger partial charge in [0.2, 0.25) is 5.91 Å². The number of aromatic nitrogens is 2. The van der Waals surface area contributed by atoms with Gasteiger partial charge >= 0.3 is 5.69 Å². The average molecular weight is 706 g/mol. The van der Waals surface area contributed by atoms with Gasteiger partial charge in [-0.25, -0.2) is 4.79 Å². The number of aromatic amines is 1. The van der Waals surface area contributed by atoms with E-state index >= 15 is 0 Å². The van der Waals surface area contributed by atoms with E-state index in [0.717, 1.165) is 23.8 Å². The molecule has 262 valence electrons. The minimum absolute atomic E-state index is 0.285. The van der Waals surface area contributed by atoms with Crippen molar-refractivity contribution < 1.29 is 78.0 Å². The minimum atomic E-state index is -1.81. The number of hydrogen-bond acceptors (Lipinski definition) is 18. The summed E-state index contributed by atoms with van der Waals surface area (Å²) in [7, 11) is -1.53. The maximum Gasteiger partial charge on any atom is 0.330 e. The first-order valence-electron chi connectivity index (χ1n) is 13.8. The zero-order valence-electron chi connectivity index (χ0n) is 24.0. The first kappa shape index (κ1) is 37.2. The predicted octanol–water partition coefficient (Wildman–Crippen LogP) is -6.01. The van der Waals surface area contributed by atoms with Crippen LogP contribution in [0.4, 0.5) is 0 Å². The van der Waals surface area contributed by atoms with E-state index in [0.29, 0.717) is 0 Å². The zero-order chi connectivity index (χ0) is 33.7. The Labute approximate surface area is 262 Å². The highest BCUT2D eigenvalue weighted by atomic mass is 31.2. The molecule has 0 radical (unpaired) electrons. The Bertz CT molecular complexity index is 1260. The zero-order valence-corrected chi connectivity index (χ0v) is 26.0. The molecular weight excluding hydrogens is 668 g/mol. The lowest BCUT2D eigenvalue weighted by Crippen LogP contribution is -2.67. The second-order valence-corrected chi connectivity index (χ2v) is 12.2. The van der Waals surface area contributed by atoms with Crippen molar-refractivity contribution in [3.05, 3.63) is 33.1 Å². The van der Waals surface area contributed by atoms with Gasteiger partial charge in [0, 0.05) is 19.2 Å². The van der Waals surface area contributed by atoms with E-state index < -0.39 is 134 Å². The highest BCUT2D eigenvalue weighted by Crippen LogP contribution is 2.36. The molecule has 0 aliphatic carbocycles. The molecule has 3 saturated heterocycles. The van der Waals surface area contributed by atoms with Gasteiger partial charge in [0.15, 0.2) is 36.9 Å². The summed E-state index contributed by atoms with van der Waals surface area (Å²) in [5.74, 6) is -0.607. The van der Waals surface area contributed by atoms with Crippen molar-refractivity contribution in [1.29, 1.82) is 0 Å². The first-order chi connectivity index (χ1) is 21.9. The monoisotopic (exact) mass is 705 g/mol. The van der Waals surface area contributed by atoms with Crippen LogP contribution in [0.2, 0.25) is 0 Å². The van der Waals surface area contributed by atoms with Gasteiger partial charge in [-0.1, -0.05) is 0 Å². The Hall–Kier alpha value is -1.59. The molecule has 4 rings (SSSR count). The number of rotatable bonds is 13. The lowest BCUT2D eigenvalue weighted by atomic mass is 9.95. The smallest absolute Gasteiger partial charge is 0.330 e. The average Bonchev–Trinajstić information content (AvgIpc) is 3.29. The fourth-order valence-corrected chi connectivity index (χ4v) is 6.11. The van der Waals surface area contributed by atoms with Crippen molar-refractivity contribution in [3.8, 4) is 0 Å². The van der Waals surface area contributed by atoms with Crippen molar-refractivity contribution in [2.45, 2.75) is 92.8 Å². The third-order valence-corrected chi connectivity index (χ3v) is 8.66. The van der Waals surface area contributed by atoms with Crippen LogP contribution in [-0.4, -0.2) is 156 Å². The summed E-state index contributed by atoms with van der Waals surface area (Å²) < 4.78 is 39.2. The van der Waals surface area contributed by atoms with Gasteiger partial charge in [-0.15, -0.1) is 0 Å². The molecule has 16 atom stereocenters. The molecule has 3 aliphatic heterocycles. The molecule has 3 aliphatic rings. The van der Waals surface area contributed by atoms with Crippen LogP contribution >= 0.6 is 18.1 Å². The first-order valence-corrected chi connectivity index (χ1v) is 15.4. The summed E-state index contributed by atoms with van der Waals surface area (Å²) in [5, 5.41) is 83.9. The number of H-pyrrole nitrogens is 1. The largest absolute Gasteiger partial charge is 0.394 e. The number of carbonyl (C=O) groups excluding carboxylic acids is 1. The Balaban J connectivity index is 1.29. The molecule has 1 amide bonds. The molecular formula is C23H37N3O18P2.